The zero-order valence-electron chi connectivity index (χ0n) is 8.59. The Kier molecular flexibility index (Phi) is 3.34. The van der Waals surface area contributed by atoms with Crippen molar-refractivity contribution in [2.24, 2.45) is 0 Å². The Morgan fingerprint density at radius 1 is 1.35 bits per heavy atom. The molecule has 0 aliphatic carbocycles. The highest BCUT2D eigenvalue weighted by molar-refractivity contribution is 9.10. The number of benzene rings is 1. The molecule has 2 aromatic rings. The second-order valence-electron chi connectivity index (χ2n) is 3.21. The van der Waals surface area contributed by atoms with E-state index in [-0.39, 0.29) is 11.6 Å². The zero-order valence-corrected chi connectivity index (χ0v) is 10.2. The van der Waals surface area contributed by atoms with Gasteiger partial charge in [0.1, 0.15) is 0 Å². The first-order chi connectivity index (χ1) is 8.15. The number of rotatable bonds is 3. The Labute approximate surface area is 106 Å². The minimum absolute atomic E-state index is 0.0440. The number of hydrogen-bond donors (Lipinski definition) is 2. The third-order valence-electron chi connectivity index (χ3n) is 1.96. The van der Waals surface area contributed by atoms with Gasteiger partial charge in [-0.1, -0.05) is 22.0 Å². The van der Waals surface area contributed by atoms with E-state index in [1.165, 1.54) is 12.3 Å². The fraction of sp³-hybridized carbons (Fsp3) is 0. The number of hydrogen-bond acceptors (Lipinski definition) is 4. The second-order valence-corrected chi connectivity index (χ2v) is 4.12. The van der Waals surface area contributed by atoms with Gasteiger partial charge in [-0.2, -0.15) is 0 Å². The first-order valence-electron chi connectivity index (χ1n) is 4.74. The standard InChI is InChI=1S/C11H8BrN3O2/c12-7-2-1-3-8(6-7)14-11-13-5-4-9(15-11)10(16)17/h1-6H,(H,16,17)(H,13,14,15). The molecule has 0 saturated carbocycles. The number of nitrogens with one attached hydrogen (secondary N) is 1. The van der Waals surface area contributed by atoms with Crippen LogP contribution in [0, 0.1) is 0 Å². The molecule has 0 amide bonds. The molecule has 0 bridgehead atoms. The largest absolute Gasteiger partial charge is 0.477 e. The predicted molar refractivity (Wildman–Crippen MR) is 66.4 cm³/mol. The molecule has 2 rings (SSSR count). The van der Waals surface area contributed by atoms with Crippen molar-refractivity contribution < 1.29 is 9.90 Å². The molecule has 0 spiro atoms. The lowest BCUT2D eigenvalue weighted by Crippen LogP contribution is -2.04. The third-order valence-corrected chi connectivity index (χ3v) is 2.45. The van der Waals surface area contributed by atoms with Crippen LogP contribution in [0.2, 0.25) is 0 Å². The van der Waals surface area contributed by atoms with Crippen molar-refractivity contribution in [1.82, 2.24) is 9.97 Å². The Morgan fingerprint density at radius 2 is 2.18 bits per heavy atom. The summed E-state index contributed by atoms with van der Waals surface area (Å²) >= 11 is 3.34. The van der Waals surface area contributed by atoms with Crippen molar-refractivity contribution in [2.45, 2.75) is 0 Å². The van der Waals surface area contributed by atoms with Gasteiger partial charge in [-0.15, -0.1) is 0 Å². The number of carbonyl (C=O) groups is 1. The molecule has 6 heteroatoms. The van der Waals surface area contributed by atoms with Crippen LogP contribution >= 0.6 is 15.9 Å². The average molecular weight is 294 g/mol. The number of anilines is 2. The molecule has 0 aliphatic heterocycles. The van der Waals surface area contributed by atoms with E-state index in [0.717, 1.165) is 10.2 Å². The lowest BCUT2D eigenvalue weighted by molar-refractivity contribution is 0.0690. The molecular formula is C11H8BrN3O2. The van der Waals surface area contributed by atoms with E-state index in [0.29, 0.717) is 0 Å². The van der Waals surface area contributed by atoms with Gasteiger partial charge in [0.15, 0.2) is 5.69 Å². The van der Waals surface area contributed by atoms with Gasteiger partial charge in [0.25, 0.3) is 0 Å². The highest BCUT2D eigenvalue weighted by atomic mass is 79.9. The van der Waals surface area contributed by atoms with Gasteiger partial charge in [0, 0.05) is 16.4 Å². The van der Waals surface area contributed by atoms with Crippen LogP contribution in [0.1, 0.15) is 10.5 Å². The highest BCUT2D eigenvalue weighted by Gasteiger charge is 2.06. The van der Waals surface area contributed by atoms with Gasteiger partial charge < -0.3 is 10.4 Å². The topological polar surface area (TPSA) is 75.1 Å². The van der Waals surface area contributed by atoms with Crippen LogP contribution in [0.15, 0.2) is 41.0 Å². The van der Waals surface area contributed by atoms with Crippen molar-refractivity contribution in [3.63, 3.8) is 0 Å². The monoisotopic (exact) mass is 293 g/mol. The van der Waals surface area contributed by atoms with Crippen LogP contribution in [-0.2, 0) is 0 Å². The van der Waals surface area contributed by atoms with Gasteiger partial charge in [0.2, 0.25) is 5.95 Å². The first kappa shape index (κ1) is 11.5. The number of halogens is 1. The number of carboxylic acids is 1. The Hall–Kier alpha value is -1.95. The Morgan fingerprint density at radius 3 is 2.88 bits per heavy atom. The van der Waals surface area contributed by atoms with Gasteiger partial charge in [0.05, 0.1) is 0 Å². The van der Waals surface area contributed by atoms with Gasteiger partial charge in [-0.3, -0.25) is 0 Å². The molecule has 1 aromatic heterocycles. The summed E-state index contributed by atoms with van der Waals surface area (Å²) in [6.07, 6.45) is 1.40. The maximum absolute atomic E-state index is 10.7. The maximum Gasteiger partial charge on any atom is 0.354 e. The number of nitrogens with zero attached hydrogens (tertiary/aromatic N) is 2. The quantitative estimate of drug-likeness (QED) is 0.910. The van der Waals surface area contributed by atoms with Gasteiger partial charge in [-0.25, -0.2) is 14.8 Å². The van der Waals surface area contributed by atoms with Crippen LogP contribution in [0.4, 0.5) is 11.6 Å². The van der Waals surface area contributed by atoms with E-state index >= 15 is 0 Å². The smallest absolute Gasteiger partial charge is 0.354 e. The molecule has 1 aromatic carbocycles. The van der Waals surface area contributed by atoms with E-state index in [1.54, 1.807) is 0 Å². The van der Waals surface area contributed by atoms with Crippen molar-refractivity contribution in [3.05, 3.63) is 46.7 Å². The van der Waals surface area contributed by atoms with Crippen LogP contribution in [-0.4, -0.2) is 21.0 Å². The summed E-state index contributed by atoms with van der Waals surface area (Å²) in [4.78, 5) is 18.5. The third kappa shape index (κ3) is 3.01. The van der Waals surface area contributed by atoms with E-state index in [2.05, 4.69) is 31.2 Å². The SMILES string of the molecule is O=C(O)c1ccnc(Nc2cccc(Br)c2)n1. The minimum atomic E-state index is -1.08. The predicted octanol–water partition coefficient (Wildman–Crippen LogP) is 2.68. The summed E-state index contributed by atoms with van der Waals surface area (Å²) in [5, 5.41) is 11.7. The fourth-order valence-electron chi connectivity index (χ4n) is 1.23. The molecule has 2 N–H and O–H groups in total. The summed E-state index contributed by atoms with van der Waals surface area (Å²) in [6.45, 7) is 0. The van der Waals surface area contributed by atoms with E-state index < -0.39 is 5.97 Å². The lowest BCUT2D eigenvalue weighted by Gasteiger charge is -2.05. The van der Waals surface area contributed by atoms with Gasteiger partial charge in [-0.05, 0) is 24.3 Å². The zero-order chi connectivity index (χ0) is 12.3. The van der Waals surface area contributed by atoms with Crippen molar-refractivity contribution >= 4 is 33.5 Å². The Bertz CT molecular complexity index is 560. The van der Waals surface area contributed by atoms with Crippen molar-refractivity contribution in [3.8, 4) is 0 Å². The summed E-state index contributed by atoms with van der Waals surface area (Å²) < 4.78 is 0.914. The van der Waals surface area contributed by atoms with E-state index in [9.17, 15) is 4.79 Å². The van der Waals surface area contributed by atoms with Gasteiger partial charge >= 0.3 is 5.97 Å². The molecule has 0 saturated heterocycles. The normalized spacial score (nSPS) is 9.94. The molecule has 0 aliphatic rings. The van der Waals surface area contributed by atoms with Crippen LogP contribution in [0.5, 0.6) is 0 Å². The minimum Gasteiger partial charge on any atom is -0.477 e. The molecule has 0 atom stereocenters. The lowest BCUT2D eigenvalue weighted by atomic mass is 10.3. The average Bonchev–Trinajstić information content (AvgIpc) is 2.29. The van der Waals surface area contributed by atoms with Crippen LogP contribution < -0.4 is 5.32 Å². The summed E-state index contributed by atoms with van der Waals surface area (Å²) in [6, 6.07) is 8.76. The molecular weight excluding hydrogens is 286 g/mol. The molecule has 17 heavy (non-hydrogen) atoms. The summed E-state index contributed by atoms with van der Waals surface area (Å²) in [7, 11) is 0. The van der Waals surface area contributed by atoms with E-state index in [1.807, 2.05) is 24.3 Å². The van der Waals surface area contributed by atoms with E-state index in [4.69, 9.17) is 5.11 Å². The number of aromatic nitrogens is 2. The highest BCUT2D eigenvalue weighted by Crippen LogP contribution is 2.18. The fourth-order valence-corrected chi connectivity index (χ4v) is 1.63. The van der Waals surface area contributed by atoms with Crippen molar-refractivity contribution in [2.75, 3.05) is 5.32 Å². The number of aromatic carboxylic acids is 1. The molecule has 0 unspecified atom stereocenters. The summed E-state index contributed by atoms with van der Waals surface area (Å²) in [5.41, 5.74) is 0.736. The molecule has 1 heterocycles. The molecule has 0 fully saturated rings. The van der Waals surface area contributed by atoms with Crippen molar-refractivity contribution in [1.29, 1.82) is 0 Å². The number of carboxylic acid groups (broad SMARTS) is 1. The Balaban J connectivity index is 2.24. The molecule has 86 valence electrons. The first-order valence-corrected chi connectivity index (χ1v) is 5.53. The second kappa shape index (κ2) is 4.92. The summed E-state index contributed by atoms with van der Waals surface area (Å²) in [5.74, 6) is -0.826. The molecule has 5 nitrogen and oxygen atoms in total. The van der Waals surface area contributed by atoms with Crippen LogP contribution in [0.3, 0.4) is 0 Å². The molecule has 0 radical (unpaired) electrons. The van der Waals surface area contributed by atoms with Crippen LogP contribution in [0.25, 0.3) is 0 Å². The maximum atomic E-state index is 10.7.